The Kier molecular flexibility index (Phi) is 4.91. The molecule has 7 nitrogen and oxygen atoms in total. The summed E-state index contributed by atoms with van der Waals surface area (Å²) in [4.78, 5) is 29.9. The standard InChI is InChI=1S/C16H13ClN4O3S/c1-9-2-4-11(21(23)24)7-13(9)18-15(22)8-25-16-19-12-5-3-10(17)6-14(12)20-16/h2-7H,8H2,1H3,(H,18,22)(H,19,20). The number of halogens is 1. The molecule has 0 saturated carbocycles. The Morgan fingerprint density at radius 2 is 2.16 bits per heavy atom. The lowest BCUT2D eigenvalue weighted by Crippen LogP contribution is -2.15. The first kappa shape index (κ1) is 17.2. The second-order valence-corrected chi connectivity index (χ2v) is 6.70. The first-order valence-electron chi connectivity index (χ1n) is 7.25. The molecule has 0 bridgehead atoms. The highest BCUT2D eigenvalue weighted by Crippen LogP contribution is 2.24. The molecule has 1 aromatic heterocycles. The maximum atomic E-state index is 12.1. The molecule has 0 spiro atoms. The molecule has 0 aliphatic rings. The summed E-state index contributed by atoms with van der Waals surface area (Å²) in [5, 5.41) is 14.7. The van der Waals surface area contributed by atoms with Gasteiger partial charge in [-0.2, -0.15) is 0 Å². The second-order valence-electron chi connectivity index (χ2n) is 5.30. The van der Waals surface area contributed by atoms with E-state index in [0.29, 0.717) is 15.9 Å². The van der Waals surface area contributed by atoms with Crippen molar-refractivity contribution in [3.63, 3.8) is 0 Å². The van der Waals surface area contributed by atoms with E-state index < -0.39 is 4.92 Å². The number of aryl methyl sites for hydroxylation is 1. The minimum atomic E-state index is -0.497. The summed E-state index contributed by atoms with van der Waals surface area (Å²) in [6, 6.07) is 9.66. The number of amides is 1. The van der Waals surface area contributed by atoms with Crippen LogP contribution in [0, 0.1) is 17.0 Å². The van der Waals surface area contributed by atoms with Crippen molar-refractivity contribution in [2.45, 2.75) is 12.1 Å². The molecule has 0 unspecified atom stereocenters. The molecule has 0 saturated heterocycles. The zero-order valence-corrected chi connectivity index (χ0v) is 14.6. The van der Waals surface area contributed by atoms with Gasteiger partial charge in [0.25, 0.3) is 5.69 Å². The summed E-state index contributed by atoms with van der Waals surface area (Å²) in [5.74, 6) is -0.150. The molecule has 9 heteroatoms. The number of anilines is 1. The van der Waals surface area contributed by atoms with Crippen molar-refractivity contribution in [3.8, 4) is 0 Å². The van der Waals surface area contributed by atoms with Crippen molar-refractivity contribution in [1.82, 2.24) is 9.97 Å². The number of H-pyrrole nitrogens is 1. The summed E-state index contributed by atoms with van der Waals surface area (Å²) < 4.78 is 0. The van der Waals surface area contributed by atoms with Crippen molar-refractivity contribution in [3.05, 3.63) is 57.1 Å². The smallest absolute Gasteiger partial charge is 0.271 e. The zero-order valence-electron chi connectivity index (χ0n) is 13.1. The number of non-ortho nitro benzene ring substituents is 1. The molecule has 1 heterocycles. The number of nitrogens with one attached hydrogen (secondary N) is 2. The summed E-state index contributed by atoms with van der Waals surface area (Å²) >= 11 is 7.17. The van der Waals surface area contributed by atoms with Gasteiger partial charge in [-0.15, -0.1) is 0 Å². The molecule has 25 heavy (non-hydrogen) atoms. The van der Waals surface area contributed by atoms with Crippen LogP contribution in [0.2, 0.25) is 5.02 Å². The first-order valence-corrected chi connectivity index (χ1v) is 8.62. The van der Waals surface area contributed by atoms with Gasteiger partial charge in [0.2, 0.25) is 5.91 Å². The Labute approximate surface area is 151 Å². The second kappa shape index (κ2) is 7.12. The summed E-state index contributed by atoms with van der Waals surface area (Å²) in [6.07, 6.45) is 0. The summed E-state index contributed by atoms with van der Waals surface area (Å²) in [7, 11) is 0. The van der Waals surface area contributed by atoms with Gasteiger partial charge < -0.3 is 10.3 Å². The van der Waals surface area contributed by atoms with Crippen LogP contribution < -0.4 is 5.32 Å². The fourth-order valence-corrected chi connectivity index (χ4v) is 3.06. The molecule has 2 N–H and O–H groups in total. The number of imidazole rings is 1. The molecule has 0 fully saturated rings. The predicted octanol–water partition coefficient (Wildman–Crippen LogP) is 4.16. The van der Waals surface area contributed by atoms with Crippen molar-refractivity contribution < 1.29 is 9.72 Å². The lowest BCUT2D eigenvalue weighted by atomic mass is 10.2. The quantitative estimate of drug-likeness (QED) is 0.395. The number of hydrogen-bond donors (Lipinski definition) is 2. The maximum Gasteiger partial charge on any atom is 0.271 e. The van der Waals surface area contributed by atoms with Gasteiger partial charge in [-0.1, -0.05) is 29.4 Å². The molecular formula is C16H13ClN4O3S. The van der Waals surface area contributed by atoms with Crippen molar-refractivity contribution >= 4 is 51.7 Å². The highest BCUT2D eigenvalue weighted by molar-refractivity contribution is 7.99. The molecule has 3 rings (SSSR count). The normalized spacial score (nSPS) is 10.8. The van der Waals surface area contributed by atoms with E-state index in [4.69, 9.17) is 11.6 Å². The monoisotopic (exact) mass is 376 g/mol. The fourth-order valence-electron chi connectivity index (χ4n) is 2.21. The summed E-state index contributed by atoms with van der Waals surface area (Å²) in [5.41, 5.74) is 2.67. The van der Waals surface area contributed by atoms with Crippen LogP contribution in [-0.4, -0.2) is 26.6 Å². The van der Waals surface area contributed by atoms with Gasteiger partial charge in [0.15, 0.2) is 5.16 Å². The van der Waals surface area contributed by atoms with E-state index in [1.807, 2.05) is 0 Å². The number of nitro benzene ring substituents is 1. The van der Waals surface area contributed by atoms with Gasteiger partial charge in [0, 0.05) is 17.2 Å². The largest absolute Gasteiger partial charge is 0.333 e. The Balaban J connectivity index is 1.66. The van der Waals surface area contributed by atoms with Crippen LogP contribution in [-0.2, 0) is 4.79 Å². The minimum absolute atomic E-state index is 0.0669. The van der Waals surface area contributed by atoms with Crippen molar-refractivity contribution in [2.75, 3.05) is 11.1 Å². The SMILES string of the molecule is Cc1ccc([N+](=O)[O-])cc1NC(=O)CSc1nc2ccc(Cl)cc2[nH]1. The van der Waals surface area contributed by atoms with Gasteiger partial charge in [-0.3, -0.25) is 14.9 Å². The molecule has 0 aliphatic carbocycles. The van der Waals surface area contributed by atoms with Crippen LogP contribution in [0.15, 0.2) is 41.6 Å². The fraction of sp³-hybridized carbons (Fsp3) is 0.125. The Morgan fingerprint density at radius 1 is 1.36 bits per heavy atom. The van der Waals surface area contributed by atoms with E-state index in [-0.39, 0.29) is 17.3 Å². The molecule has 1 amide bonds. The van der Waals surface area contributed by atoms with Gasteiger partial charge in [0.05, 0.1) is 27.4 Å². The average Bonchev–Trinajstić information content (AvgIpc) is 2.96. The number of carbonyl (C=O) groups excluding carboxylic acids is 1. The molecular weight excluding hydrogens is 364 g/mol. The van der Waals surface area contributed by atoms with Gasteiger partial charge in [0.1, 0.15) is 0 Å². The highest BCUT2D eigenvalue weighted by atomic mass is 35.5. The highest BCUT2D eigenvalue weighted by Gasteiger charge is 2.12. The van der Waals surface area contributed by atoms with Crippen LogP contribution in [0.4, 0.5) is 11.4 Å². The molecule has 0 radical (unpaired) electrons. The third-order valence-corrected chi connectivity index (χ3v) is 4.58. The number of fused-ring (bicyclic) bond motifs is 1. The number of rotatable bonds is 5. The van der Waals surface area contributed by atoms with E-state index in [9.17, 15) is 14.9 Å². The van der Waals surface area contributed by atoms with Gasteiger partial charge >= 0.3 is 0 Å². The number of aromatic nitrogens is 2. The third kappa shape index (κ3) is 4.09. The molecule has 0 aliphatic heterocycles. The zero-order chi connectivity index (χ0) is 18.0. The van der Waals surface area contributed by atoms with Crippen LogP contribution in [0.25, 0.3) is 11.0 Å². The maximum absolute atomic E-state index is 12.1. The van der Waals surface area contributed by atoms with Gasteiger partial charge in [-0.05, 0) is 30.7 Å². The first-order chi connectivity index (χ1) is 11.9. The number of nitro groups is 1. The van der Waals surface area contributed by atoms with Gasteiger partial charge in [-0.25, -0.2) is 4.98 Å². The van der Waals surface area contributed by atoms with Crippen LogP contribution in [0.3, 0.4) is 0 Å². The van der Waals surface area contributed by atoms with E-state index in [0.717, 1.165) is 16.6 Å². The Morgan fingerprint density at radius 3 is 2.92 bits per heavy atom. The number of nitrogens with zero attached hydrogens (tertiary/aromatic N) is 2. The third-order valence-electron chi connectivity index (χ3n) is 3.47. The van der Waals surface area contributed by atoms with Crippen molar-refractivity contribution in [1.29, 1.82) is 0 Å². The van der Waals surface area contributed by atoms with E-state index >= 15 is 0 Å². The van der Waals surface area contributed by atoms with Crippen LogP contribution in [0.5, 0.6) is 0 Å². The summed E-state index contributed by atoms with van der Waals surface area (Å²) in [6.45, 7) is 1.77. The van der Waals surface area contributed by atoms with E-state index in [1.165, 1.54) is 23.9 Å². The number of carbonyl (C=O) groups is 1. The molecule has 2 aromatic carbocycles. The number of aromatic amines is 1. The number of thioether (sulfide) groups is 1. The predicted molar refractivity (Wildman–Crippen MR) is 98.3 cm³/mol. The molecule has 3 aromatic rings. The van der Waals surface area contributed by atoms with Crippen LogP contribution >= 0.6 is 23.4 Å². The lowest BCUT2D eigenvalue weighted by Gasteiger charge is -2.07. The van der Waals surface area contributed by atoms with Crippen LogP contribution in [0.1, 0.15) is 5.56 Å². The number of hydrogen-bond acceptors (Lipinski definition) is 5. The molecule has 0 atom stereocenters. The topological polar surface area (TPSA) is 101 Å². The van der Waals surface area contributed by atoms with E-state index in [2.05, 4.69) is 15.3 Å². The average molecular weight is 377 g/mol. The minimum Gasteiger partial charge on any atom is -0.333 e. The lowest BCUT2D eigenvalue weighted by molar-refractivity contribution is -0.384. The Hall–Kier alpha value is -2.58. The number of benzene rings is 2. The van der Waals surface area contributed by atoms with E-state index in [1.54, 1.807) is 31.2 Å². The Bertz CT molecular complexity index is 973. The van der Waals surface area contributed by atoms with Crippen molar-refractivity contribution in [2.24, 2.45) is 0 Å². The molecule has 128 valence electrons.